The molecule has 9 heteroatoms. The van der Waals surface area contributed by atoms with Crippen LogP contribution in [0.3, 0.4) is 0 Å². The van der Waals surface area contributed by atoms with Crippen molar-refractivity contribution in [3.8, 4) is 0 Å². The third-order valence-corrected chi connectivity index (χ3v) is 4.13. The number of hydrogen-bond donors (Lipinski definition) is 1. The Morgan fingerprint density at radius 1 is 1.45 bits per heavy atom. The van der Waals surface area contributed by atoms with Crippen molar-refractivity contribution in [1.29, 1.82) is 0 Å². The van der Waals surface area contributed by atoms with Crippen LogP contribution in [-0.2, 0) is 18.5 Å². The number of nitrogens with zero attached hydrogens (tertiary/aromatic N) is 5. The molecule has 1 fully saturated rings. The molecule has 2 aromatic heterocycles. The molecule has 3 rings (SSSR count). The zero-order valence-electron chi connectivity index (χ0n) is 12.4. The Morgan fingerprint density at radius 2 is 2.18 bits per heavy atom. The Labute approximate surface area is 126 Å². The second kappa shape index (κ2) is 5.48. The second-order valence-corrected chi connectivity index (χ2v) is 5.72. The van der Waals surface area contributed by atoms with Crippen LogP contribution in [0.5, 0.6) is 0 Å². The summed E-state index contributed by atoms with van der Waals surface area (Å²) in [6.07, 6.45) is 5.81. The molecular weight excluding hydrogens is 288 g/mol. The first-order chi connectivity index (χ1) is 10.5. The molecular formula is C13H18N6O3. The first kappa shape index (κ1) is 14.6. The summed E-state index contributed by atoms with van der Waals surface area (Å²) in [7, 11) is 0. The average Bonchev–Trinajstić information content (AvgIpc) is 3.17. The summed E-state index contributed by atoms with van der Waals surface area (Å²) in [4.78, 5) is 18.5. The number of imidazole rings is 1. The lowest BCUT2D eigenvalue weighted by atomic mass is 9.99. The van der Waals surface area contributed by atoms with Crippen LogP contribution >= 0.6 is 0 Å². The molecule has 0 saturated heterocycles. The maximum Gasteiger partial charge on any atom is 0.381 e. The second-order valence-electron chi connectivity index (χ2n) is 5.72. The molecule has 9 nitrogen and oxygen atoms in total. The standard InChI is InChI=1S/C13H18N6O3/c1-9-15-10(19(20)21)8-18(9)7-4-11-16-12(17-22-11)13(14)5-2-3-6-13/h8H,2-7,14H2,1H3. The number of aromatic nitrogens is 4. The van der Waals surface area contributed by atoms with E-state index in [9.17, 15) is 10.1 Å². The lowest BCUT2D eigenvalue weighted by Gasteiger charge is -2.17. The zero-order valence-corrected chi connectivity index (χ0v) is 12.4. The van der Waals surface area contributed by atoms with Gasteiger partial charge >= 0.3 is 5.82 Å². The van der Waals surface area contributed by atoms with E-state index in [1.807, 2.05) is 0 Å². The number of hydrogen-bond acceptors (Lipinski definition) is 7. The monoisotopic (exact) mass is 306 g/mol. The van der Waals surface area contributed by atoms with Crippen LogP contribution in [0.1, 0.15) is 43.2 Å². The van der Waals surface area contributed by atoms with Gasteiger partial charge in [0.25, 0.3) is 0 Å². The Kier molecular flexibility index (Phi) is 3.65. The Morgan fingerprint density at radius 3 is 2.82 bits per heavy atom. The lowest BCUT2D eigenvalue weighted by molar-refractivity contribution is -0.389. The summed E-state index contributed by atoms with van der Waals surface area (Å²) in [5.41, 5.74) is 5.82. The van der Waals surface area contributed by atoms with Crippen molar-refractivity contribution in [2.45, 2.75) is 51.1 Å². The molecule has 0 amide bonds. The largest absolute Gasteiger partial charge is 0.381 e. The highest BCUT2D eigenvalue weighted by Crippen LogP contribution is 2.34. The number of rotatable bonds is 5. The minimum Gasteiger partial charge on any atom is -0.358 e. The van der Waals surface area contributed by atoms with E-state index in [1.165, 1.54) is 6.20 Å². The first-order valence-corrected chi connectivity index (χ1v) is 7.28. The van der Waals surface area contributed by atoms with Gasteiger partial charge in [0.2, 0.25) is 11.7 Å². The highest BCUT2D eigenvalue weighted by Gasteiger charge is 2.35. The van der Waals surface area contributed by atoms with Crippen molar-refractivity contribution < 1.29 is 9.45 Å². The molecule has 1 saturated carbocycles. The Balaban J connectivity index is 1.67. The maximum atomic E-state index is 10.7. The summed E-state index contributed by atoms with van der Waals surface area (Å²) < 4.78 is 6.95. The van der Waals surface area contributed by atoms with Crippen LogP contribution in [0.25, 0.3) is 0 Å². The van der Waals surface area contributed by atoms with Gasteiger partial charge in [0.1, 0.15) is 6.20 Å². The van der Waals surface area contributed by atoms with Crippen LogP contribution in [0.15, 0.2) is 10.7 Å². The smallest absolute Gasteiger partial charge is 0.358 e. The molecule has 0 atom stereocenters. The highest BCUT2D eigenvalue weighted by atomic mass is 16.6. The number of aryl methyl sites for hydroxylation is 3. The molecule has 1 aliphatic carbocycles. The average molecular weight is 306 g/mol. The van der Waals surface area contributed by atoms with E-state index in [-0.39, 0.29) is 5.82 Å². The molecule has 1 aliphatic rings. The highest BCUT2D eigenvalue weighted by molar-refractivity contribution is 5.16. The van der Waals surface area contributed by atoms with Crippen LogP contribution in [-0.4, -0.2) is 24.6 Å². The molecule has 0 aliphatic heterocycles. The van der Waals surface area contributed by atoms with Gasteiger partial charge < -0.3 is 24.9 Å². The van der Waals surface area contributed by atoms with E-state index >= 15 is 0 Å². The van der Waals surface area contributed by atoms with Crippen LogP contribution in [0.4, 0.5) is 5.82 Å². The van der Waals surface area contributed by atoms with Gasteiger partial charge in [-0.2, -0.15) is 4.98 Å². The van der Waals surface area contributed by atoms with E-state index < -0.39 is 10.5 Å². The maximum absolute atomic E-state index is 10.7. The molecule has 0 unspecified atom stereocenters. The van der Waals surface area contributed by atoms with Crippen LogP contribution in [0.2, 0.25) is 0 Å². The van der Waals surface area contributed by atoms with Gasteiger partial charge in [-0.3, -0.25) is 0 Å². The third-order valence-electron chi connectivity index (χ3n) is 4.13. The minimum atomic E-state index is -0.507. The fraction of sp³-hybridized carbons (Fsp3) is 0.615. The quantitative estimate of drug-likeness (QED) is 0.654. The van der Waals surface area contributed by atoms with Crippen molar-refractivity contribution >= 4 is 5.82 Å². The molecule has 0 aromatic carbocycles. The Hall–Kier alpha value is -2.29. The molecule has 2 heterocycles. The summed E-state index contributed by atoms with van der Waals surface area (Å²) in [5, 5.41) is 14.7. The van der Waals surface area contributed by atoms with E-state index in [1.54, 1.807) is 11.5 Å². The van der Waals surface area contributed by atoms with Gasteiger partial charge in [-0.05, 0) is 22.7 Å². The topological polar surface area (TPSA) is 126 Å². The molecule has 118 valence electrons. The number of nitrogens with two attached hydrogens (primary N) is 1. The summed E-state index contributed by atoms with van der Waals surface area (Å²) >= 11 is 0. The Bertz CT molecular complexity index is 686. The molecule has 2 aromatic rings. The van der Waals surface area contributed by atoms with E-state index in [2.05, 4.69) is 15.1 Å². The normalized spacial score (nSPS) is 17.0. The van der Waals surface area contributed by atoms with Crippen LogP contribution in [0, 0.1) is 17.0 Å². The summed E-state index contributed by atoms with van der Waals surface area (Å²) in [5.74, 6) is 1.48. The van der Waals surface area contributed by atoms with Gasteiger partial charge in [0.15, 0.2) is 5.82 Å². The lowest BCUT2D eigenvalue weighted by Crippen LogP contribution is -2.34. The number of nitro groups is 1. The van der Waals surface area contributed by atoms with Gasteiger partial charge in [0.05, 0.1) is 5.54 Å². The first-order valence-electron chi connectivity index (χ1n) is 7.28. The van der Waals surface area contributed by atoms with Crippen molar-refractivity contribution in [3.63, 3.8) is 0 Å². The van der Waals surface area contributed by atoms with Crippen molar-refractivity contribution in [3.05, 3.63) is 33.9 Å². The minimum absolute atomic E-state index is 0.157. The molecule has 22 heavy (non-hydrogen) atoms. The molecule has 0 spiro atoms. The SMILES string of the molecule is Cc1nc([N+](=O)[O-])cn1CCc1nc(C2(N)CCCC2)no1. The predicted octanol–water partition coefficient (Wildman–Crippen LogP) is 1.45. The van der Waals surface area contributed by atoms with E-state index in [4.69, 9.17) is 10.3 Å². The fourth-order valence-electron chi connectivity index (χ4n) is 2.81. The summed E-state index contributed by atoms with van der Waals surface area (Å²) in [6, 6.07) is 0. The zero-order chi connectivity index (χ0) is 15.7. The van der Waals surface area contributed by atoms with Gasteiger partial charge in [0, 0.05) is 19.9 Å². The van der Waals surface area contributed by atoms with E-state index in [0.29, 0.717) is 30.5 Å². The van der Waals surface area contributed by atoms with Gasteiger partial charge in [-0.15, -0.1) is 0 Å². The van der Waals surface area contributed by atoms with Crippen molar-refractivity contribution in [2.24, 2.45) is 5.73 Å². The van der Waals surface area contributed by atoms with Gasteiger partial charge in [-0.25, -0.2) is 0 Å². The third kappa shape index (κ3) is 2.71. The van der Waals surface area contributed by atoms with Crippen LogP contribution < -0.4 is 5.73 Å². The van der Waals surface area contributed by atoms with E-state index in [0.717, 1.165) is 25.7 Å². The predicted molar refractivity (Wildman–Crippen MR) is 76.0 cm³/mol. The molecule has 0 bridgehead atoms. The fourth-order valence-corrected chi connectivity index (χ4v) is 2.81. The van der Waals surface area contributed by atoms with Crippen molar-refractivity contribution in [2.75, 3.05) is 0 Å². The van der Waals surface area contributed by atoms with Gasteiger partial charge in [-0.1, -0.05) is 18.0 Å². The molecule has 0 radical (unpaired) electrons. The van der Waals surface area contributed by atoms with Crippen molar-refractivity contribution in [1.82, 2.24) is 19.7 Å². The summed E-state index contributed by atoms with van der Waals surface area (Å²) in [6.45, 7) is 2.21. The molecule has 2 N–H and O–H groups in total.